The molecule has 22 heavy (non-hydrogen) atoms. The summed E-state index contributed by atoms with van der Waals surface area (Å²) < 4.78 is 5.92. The van der Waals surface area contributed by atoms with Gasteiger partial charge in [0.05, 0.1) is 18.8 Å². The quantitative estimate of drug-likeness (QED) is 0.832. The maximum Gasteiger partial charge on any atom is 0.324 e. The molecule has 1 aliphatic rings. The van der Waals surface area contributed by atoms with Crippen molar-refractivity contribution in [1.82, 2.24) is 24.0 Å². The number of aryl methyl sites for hydroxylation is 1. The van der Waals surface area contributed by atoms with Gasteiger partial charge in [-0.2, -0.15) is 9.47 Å². The van der Waals surface area contributed by atoms with Gasteiger partial charge in [-0.3, -0.25) is 10.00 Å². The second-order valence-corrected chi connectivity index (χ2v) is 7.15. The Kier molecular flexibility index (Phi) is 3.32. The molecule has 0 aromatic carbocycles. The van der Waals surface area contributed by atoms with Gasteiger partial charge in [0.25, 0.3) is 0 Å². The van der Waals surface area contributed by atoms with Crippen molar-refractivity contribution in [2.75, 3.05) is 11.1 Å². The van der Waals surface area contributed by atoms with Crippen LogP contribution in [0.4, 0.5) is 15.7 Å². The van der Waals surface area contributed by atoms with Crippen molar-refractivity contribution in [3.05, 3.63) is 17.1 Å². The lowest BCUT2D eigenvalue weighted by molar-refractivity contribution is 0.212. The highest BCUT2D eigenvalue weighted by Crippen LogP contribution is 2.28. The van der Waals surface area contributed by atoms with Crippen LogP contribution in [0.1, 0.15) is 37.9 Å². The summed E-state index contributed by atoms with van der Waals surface area (Å²) in [4.78, 5) is 18.3. The molecule has 8 nitrogen and oxygen atoms in total. The number of carbonyl (C=O) groups is 1. The number of nitrogens with two attached hydrogens (primary N) is 1. The predicted octanol–water partition coefficient (Wildman–Crippen LogP) is 1.70. The van der Waals surface area contributed by atoms with Gasteiger partial charge in [-0.05, 0) is 0 Å². The van der Waals surface area contributed by atoms with Crippen LogP contribution in [-0.2, 0) is 25.6 Å². The summed E-state index contributed by atoms with van der Waals surface area (Å²) in [5, 5.41) is 7.61. The van der Waals surface area contributed by atoms with E-state index in [0.29, 0.717) is 24.0 Å². The van der Waals surface area contributed by atoms with E-state index in [0.717, 1.165) is 17.1 Å². The lowest BCUT2D eigenvalue weighted by Gasteiger charge is -2.15. The Morgan fingerprint density at radius 3 is 2.68 bits per heavy atom. The third kappa shape index (κ3) is 2.52. The van der Waals surface area contributed by atoms with Gasteiger partial charge in [-0.1, -0.05) is 20.8 Å². The smallest absolute Gasteiger partial charge is 0.324 e. The van der Waals surface area contributed by atoms with Crippen LogP contribution < -0.4 is 11.1 Å². The molecule has 9 heteroatoms. The molecule has 3 heterocycles. The molecule has 2 aromatic rings. The number of fused-ring (bicyclic) bond motifs is 1. The number of hydrogen-bond acceptors (Lipinski definition) is 6. The maximum atomic E-state index is 12.3. The molecule has 0 fully saturated rings. The molecule has 0 aliphatic carbocycles. The number of amides is 2. The largest absolute Gasteiger partial charge is 0.384 e. The van der Waals surface area contributed by atoms with E-state index < -0.39 is 0 Å². The van der Waals surface area contributed by atoms with E-state index in [2.05, 4.69) is 19.8 Å². The van der Waals surface area contributed by atoms with Gasteiger partial charge < -0.3 is 10.6 Å². The molecule has 1 aliphatic heterocycles. The zero-order valence-electron chi connectivity index (χ0n) is 13.0. The van der Waals surface area contributed by atoms with E-state index in [-0.39, 0.29) is 11.4 Å². The molecule has 3 N–H and O–H groups in total. The highest BCUT2D eigenvalue weighted by Gasteiger charge is 2.29. The molecule has 0 saturated heterocycles. The number of hydrogen-bond donors (Lipinski definition) is 2. The first-order valence-corrected chi connectivity index (χ1v) is 7.73. The first kappa shape index (κ1) is 14.8. The number of urea groups is 1. The van der Waals surface area contributed by atoms with Gasteiger partial charge in [0.1, 0.15) is 11.6 Å². The molecule has 0 unspecified atom stereocenters. The van der Waals surface area contributed by atoms with Crippen molar-refractivity contribution in [2.24, 2.45) is 7.05 Å². The second-order valence-electron chi connectivity index (χ2n) is 6.39. The van der Waals surface area contributed by atoms with Crippen LogP contribution in [0.5, 0.6) is 0 Å². The first-order valence-electron chi connectivity index (χ1n) is 6.96. The van der Waals surface area contributed by atoms with Gasteiger partial charge in [-0.25, -0.2) is 9.78 Å². The van der Waals surface area contributed by atoms with E-state index in [1.807, 2.05) is 20.8 Å². The predicted molar refractivity (Wildman–Crippen MR) is 84.5 cm³/mol. The van der Waals surface area contributed by atoms with Crippen molar-refractivity contribution in [3.8, 4) is 0 Å². The summed E-state index contributed by atoms with van der Waals surface area (Å²) in [5.41, 5.74) is 7.58. The Hall–Kier alpha value is -2.16. The summed E-state index contributed by atoms with van der Waals surface area (Å²) in [5.74, 6) is 1.33. The van der Waals surface area contributed by atoms with Crippen molar-refractivity contribution in [2.45, 2.75) is 39.3 Å². The van der Waals surface area contributed by atoms with Crippen LogP contribution in [0.25, 0.3) is 0 Å². The Bertz CT molecular complexity index is 727. The minimum Gasteiger partial charge on any atom is -0.384 e. The molecule has 0 spiro atoms. The number of carbonyl (C=O) groups excluding carboxylic acids is 1. The molecule has 0 saturated carbocycles. The minimum atomic E-state index is -0.211. The second kappa shape index (κ2) is 4.94. The SMILES string of the molecule is Cn1nc2c(c1N)CN(C(=O)Nc1nc(C(C)(C)C)ns1)C2. The van der Waals surface area contributed by atoms with Crippen LogP contribution in [0, 0.1) is 0 Å². The molecule has 0 atom stereocenters. The number of nitrogen functional groups attached to an aromatic ring is 1. The van der Waals surface area contributed by atoms with Crippen molar-refractivity contribution in [1.29, 1.82) is 0 Å². The molecule has 0 bridgehead atoms. The van der Waals surface area contributed by atoms with Crippen LogP contribution in [0.3, 0.4) is 0 Å². The van der Waals surface area contributed by atoms with Crippen LogP contribution in [0.15, 0.2) is 0 Å². The molecule has 0 radical (unpaired) electrons. The number of nitrogens with one attached hydrogen (secondary N) is 1. The minimum absolute atomic E-state index is 0.136. The average molecular weight is 321 g/mol. The van der Waals surface area contributed by atoms with Crippen molar-refractivity contribution < 1.29 is 4.79 Å². The van der Waals surface area contributed by atoms with E-state index in [9.17, 15) is 4.79 Å². The molecule has 2 aromatic heterocycles. The fourth-order valence-corrected chi connectivity index (χ4v) is 3.01. The maximum absolute atomic E-state index is 12.3. The van der Waals surface area contributed by atoms with Crippen molar-refractivity contribution >= 4 is 28.5 Å². The van der Waals surface area contributed by atoms with Gasteiger partial charge in [0.15, 0.2) is 0 Å². The lowest BCUT2D eigenvalue weighted by Crippen LogP contribution is -2.30. The van der Waals surface area contributed by atoms with Gasteiger partial charge in [0, 0.05) is 29.6 Å². The standard InChI is InChI=1S/C13H19N7OS/c1-13(2,3)10-15-11(22-18-10)16-12(21)20-5-7-8(6-20)17-19(4)9(7)14/h5-6,14H2,1-4H3,(H,15,16,18,21). The third-order valence-corrected chi connectivity index (χ3v) is 4.19. The molecule has 2 amide bonds. The first-order chi connectivity index (χ1) is 10.3. The summed E-state index contributed by atoms with van der Waals surface area (Å²) >= 11 is 1.19. The Morgan fingerprint density at radius 2 is 2.09 bits per heavy atom. The van der Waals surface area contributed by atoms with E-state index in [1.54, 1.807) is 16.6 Å². The number of anilines is 2. The summed E-state index contributed by atoms with van der Waals surface area (Å²) in [6.45, 7) is 7.02. The fourth-order valence-electron chi connectivity index (χ4n) is 2.26. The zero-order valence-corrected chi connectivity index (χ0v) is 13.9. The number of aromatic nitrogens is 4. The highest BCUT2D eigenvalue weighted by atomic mass is 32.1. The Balaban J connectivity index is 1.68. The molecule has 118 valence electrons. The third-order valence-electron chi connectivity index (χ3n) is 3.56. The van der Waals surface area contributed by atoms with E-state index >= 15 is 0 Å². The van der Waals surface area contributed by atoms with Crippen LogP contribution >= 0.6 is 11.5 Å². The van der Waals surface area contributed by atoms with Gasteiger partial charge in [0.2, 0.25) is 5.13 Å². The van der Waals surface area contributed by atoms with Crippen LogP contribution in [0.2, 0.25) is 0 Å². The Morgan fingerprint density at radius 1 is 1.36 bits per heavy atom. The normalized spacial score (nSPS) is 14.3. The Labute approximate surface area is 132 Å². The molecular weight excluding hydrogens is 302 g/mol. The lowest BCUT2D eigenvalue weighted by atomic mass is 9.96. The number of nitrogens with zero attached hydrogens (tertiary/aromatic N) is 5. The van der Waals surface area contributed by atoms with Crippen molar-refractivity contribution in [3.63, 3.8) is 0 Å². The van der Waals surface area contributed by atoms with E-state index in [4.69, 9.17) is 5.73 Å². The summed E-state index contributed by atoms with van der Waals surface area (Å²) in [6, 6.07) is -0.211. The number of rotatable bonds is 1. The molecule has 3 rings (SSSR count). The monoisotopic (exact) mass is 321 g/mol. The van der Waals surface area contributed by atoms with Crippen LogP contribution in [-0.4, -0.2) is 30.1 Å². The molecular formula is C13H19N7OS. The topological polar surface area (TPSA) is 102 Å². The highest BCUT2D eigenvalue weighted by molar-refractivity contribution is 7.09. The van der Waals surface area contributed by atoms with Gasteiger partial charge in [-0.15, -0.1) is 0 Å². The average Bonchev–Trinajstić information content (AvgIpc) is 3.08. The van der Waals surface area contributed by atoms with Gasteiger partial charge >= 0.3 is 6.03 Å². The summed E-state index contributed by atoms with van der Waals surface area (Å²) in [6.07, 6.45) is 0. The zero-order chi connectivity index (χ0) is 16.1. The summed E-state index contributed by atoms with van der Waals surface area (Å²) in [7, 11) is 1.80. The van der Waals surface area contributed by atoms with E-state index in [1.165, 1.54) is 11.5 Å². The fraction of sp³-hybridized carbons (Fsp3) is 0.538.